The van der Waals surface area contributed by atoms with Gasteiger partial charge in [0, 0.05) is 22.8 Å². The van der Waals surface area contributed by atoms with Gasteiger partial charge in [-0.25, -0.2) is 0 Å². The van der Waals surface area contributed by atoms with E-state index >= 15 is 0 Å². The van der Waals surface area contributed by atoms with Crippen molar-refractivity contribution >= 4 is 35.0 Å². The Morgan fingerprint density at radius 1 is 0.950 bits per heavy atom. The average molecular weight is 568 g/mol. The highest BCUT2D eigenvalue weighted by Crippen LogP contribution is 2.57. The lowest BCUT2D eigenvalue weighted by Crippen LogP contribution is -2.61. The van der Waals surface area contributed by atoms with Crippen LogP contribution in [0.2, 0.25) is 5.02 Å². The summed E-state index contributed by atoms with van der Waals surface area (Å²) in [5, 5.41) is 6.93. The van der Waals surface area contributed by atoms with E-state index in [1.807, 2.05) is 17.1 Å². The van der Waals surface area contributed by atoms with E-state index in [1.165, 1.54) is 6.42 Å². The number of nitrogens with zero attached hydrogens (tertiary/aromatic N) is 1. The predicted octanol–water partition coefficient (Wildman–Crippen LogP) is 5.19. The van der Waals surface area contributed by atoms with Crippen LogP contribution < -0.4 is 10.6 Å². The molecule has 7 nitrogen and oxygen atoms in total. The fourth-order valence-corrected chi connectivity index (χ4v) is 8.44. The van der Waals surface area contributed by atoms with Crippen LogP contribution in [0.15, 0.2) is 36.4 Å². The van der Waals surface area contributed by atoms with Gasteiger partial charge < -0.3 is 20.3 Å². The molecule has 1 aromatic rings. The molecule has 0 aromatic heterocycles. The minimum Gasteiger partial charge on any atom is -0.359 e. The number of nitrogens with one attached hydrogen (secondary N) is 2. The molecule has 3 amide bonds. The van der Waals surface area contributed by atoms with Gasteiger partial charge in [-0.1, -0.05) is 77.1 Å². The molecule has 2 saturated carbocycles. The van der Waals surface area contributed by atoms with Gasteiger partial charge in [-0.15, -0.1) is 0 Å². The van der Waals surface area contributed by atoms with Gasteiger partial charge in [0.05, 0.1) is 17.9 Å². The first kappa shape index (κ1) is 27.8. The van der Waals surface area contributed by atoms with Gasteiger partial charge in [0.1, 0.15) is 11.6 Å². The van der Waals surface area contributed by atoms with Crippen LogP contribution in [0.25, 0.3) is 0 Å². The lowest BCUT2D eigenvalue weighted by atomic mass is 9.73. The van der Waals surface area contributed by atoms with E-state index < -0.39 is 29.6 Å². The van der Waals surface area contributed by atoms with E-state index in [1.54, 1.807) is 24.3 Å². The Morgan fingerprint density at radius 3 is 2.35 bits per heavy atom. The Kier molecular flexibility index (Phi) is 7.27. The summed E-state index contributed by atoms with van der Waals surface area (Å²) in [6.07, 6.45) is 9.44. The minimum absolute atomic E-state index is 0.0642. The summed E-state index contributed by atoms with van der Waals surface area (Å²) in [6, 6.07) is 6.15. The molecule has 11 atom stereocenters. The molecule has 1 aromatic carbocycles. The third kappa shape index (κ3) is 4.39. The zero-order valence-electron chi connectivity index (χ0n) is 23.9. The summed E-state index contributed by atoms with van der Waals surface area (Å²) in [4.78, 5) is 44.4. The van der Waals surface area contributed by atoms with Crippen molar-refractivity contribution < 1.29 is 19.1 Å². The predicted molar refractivity (Wildman–Crippen MR) is 155 cm³/mol. The third-order valence-electron chi connectivity index (χ3n) is 11.0. The first-order valence-electron chi connectivity index (χ1n) is 15.2. The van der Waals surface area contributed by atoms with Crippen molar-refractivity contribution in [1.29, 1.82) is 0 Å². The van der Waals surface area contributed by atoms with Crippen LogP contribution in [0.5, 0.6) is 0 Å². The SMILES string of the molecule is CC1CCCC(NC(=O)C2N(C3CCCC(C)C3C)C(=O)C3C(C(=O)Nc4ccc(Cl)cc4)C4C=CC32O4)C1C. The zero-order valence-corrected chi connectivity index (χ0v) is 24.7. The number of ether oxygens (including phenoxy) is 1. The van der Waals surface area contributed by atoms with Gasteiger partial charge in [0.2, 0.25) is 17.7 Å². The van der Waals surface area contributed by atoms with Crippen molar-refractivity contribution in [2.24, 2.45) is 35.5 Å². The molecule has 4 fully saturated rings. The molecule has 216 valence electrons. The summed E-state index contributed by atoms with van der Waals surface area (Å²) in [5.41, 5.74) is -0.528. The molecular weight excluding hydrogens is 526 g/mol. The van der Waals surface area contributed by atoms with E-state index in [4.69, 9.17) is 16.3 Å². The molecule has 2 bridgehead atoms. The molecule has 3 aliphatic heterocycles. The number of likely N-dealkylation sites (tertiary alicyclic amines) is 1. The number of hydrogen-bond acceptors (Lipinski definition) is 4. The van der Waals surface area contributed by atoms with Crippen LogP contribution in [-0.2, 0) is 19.1 Å². The molecule has 1 spiro atoms. The molecule has 11 unspecified atom stereocenters. The van der Waals surface area contributed by atoms with Crippen LogP contribution in [0.1, 0.15) is 66.2 Å². The van der Waals surface area contributed by atoms with E-state index in [2.05, 4.69) is 38.3 Å². The molecule has 6 rings (SSSR count). The summed E-state index contributed by atoms with van der Waals surface area (Å²) in [6.45, 7) is 8.91. The maximum Gasteiger partial charge on any atom is 0.246 e. The van der Waals surface area contributed by atoms with Gasteiger partial charge in [0.25, 0.3) is 0 Å². The number of benzene rings is 1. The molecule has 5 aliphatic rings. The number of rotatable bonds is 5. The van der Waals surface area contributed by atoms with Crippen LogP contribution in [0.4, 0.5) is 5.69 Å². The summed E-state index contributed by atoms with van der Waals surface area (Å²) in [7, 11) is 0. The smallest absolute Gasteiger partial charge is 0.246 e. The van der Waals surface area contributed by atoms with E-state index in [9.17, 15) is 14.4 Å². The van der Waals surface area contributed by atoms with Crippen molar-refractivity contribution in [3.8, 4) is 0 Å². The maximum atomic E-state index is 14.5. The molecule has 2 N–H and O–H groups in total. The maximum absolute atomic E-state index is 14.5. The largest absolute Gasteiger partial charge is 0.359 e. The average Bonchev–Trinajstić information content (AvgIpc) is 3.57. The standard InChI is InChI=1S/C32H42ClN3O4/c1-17-7-5-9-23(19(17)3)35-30(38)28-32-16-15-25(40-32)26(29(37)34-22-13-11-21(33)12-14-22)27(32)31(39)36(28)24-10-6-8-18(2)20(24)4/h11-20,23-28H,5-10H2,1-4H3,(H,34,37)(H,35,38). The van der Waals surface area contributed by atoms with E-state index in [0.717, 1.165) is 32.1 Å². The second kappa shape index (κ2) is 10.5. The fraction of sp³-hybridized carbons (Fsp3) is 0.656. The van der Waals surface area contributed by atoms with Gasteiger partial charge in [0.15, 0.2) is 0 Å². The third-order valence-corrected chi connectivity index (χ3v) is 11.3. The number of hydrogen-bond donors (Lipinski definition) is 2. The minimum atomic E-state index is -1.14. The van der Waals surface area contributed by atoms with Gasteiger partial charge in [-0.2, -0.15) is 0 Å². The first-order valence-corrected chi connectivity index (χ1v) is 15.6. The van der Waals surface area contributed by atoms with Crippen LogP contribution in [0.3, 0.4) is 0 Å². The Balaban J connectivity index is 1.34. The van der Waals surface area contributed by atoms with Crippen molar-refractivity contribution in [1.82, 2.24) is 10.2 Å². The number of halogens is 1. The molecule has 2 saturated heterocycles. The lowest BCUT2D eigenvalue weighted by Gasteiger charge is -2.44. The van der Waals surface area contributed by atoms with Gasteiger partial charge in [-0.3, -0.25) is 14.4 Å². The molecule has 3 heterocycles. The second-order valence-electron chi connectivity index (χ2n) is 13.2. The molecular formula is C32H42ClN3O4. The van der Waals surface area contributed by atoms with Crippen molar-refractivity contribution in [2.45, 2.75) is 96.1 Å². The molecule has 0 radical (unpaired) electrons. The van der Waals surface area contributed by atoms with Crippen molar-refractivity contribution in [3.63, 3.8) is 0 Å². The number of amides is 3. The summed E-state index contributed by atoms with van der Waals surface area (Å²) in [5.74, 6) is -0.391. The Labute approximate surface area is 242 Å². The second-order valence-corrected chi connectivity index (χ2v) is 13.6. The first-order chi connectivity index (χ1) is 19.1. The van der Waals surface area contributed by atoms with E-state index in [-0.39, 0.29) is 35.7 Å². The van der Waals surface area contributed by atoms with Gasteiger partial charge in [-0.05, 0) is 60.8 Å². The van der Waals surface area contributed by atoms with Crippen molar-refractivity contribution in [2.75, 3.05) is 5.32 Å². The van der Waals surface area contributed by atoms with Crippen LogP contribution in [0, 0.1) is 35.5 Å². The zero-order chi connectivity index (χ0) is 28.3. The number of carbonyl (C=O) groups is 3. The Hall–Kier alpha value is -2.38. The highest BCUT2D eigenvalue weighted by molar-refractivity contribution is 6.30. The highest BCUT2D eigenvalue weighted by atomic mass is 35.5. The fourth-order valence-electron chi connectivity index (χ4n) is 8.32. The normalized spacial score (nSPS) is 42.1. The van der Waals surface area contributed by atoms with Gasteiger partial charge >= 0.3 is 0 Å². The molecule has 2 aliphatic carbocycles. The highest BCUT2D eigenvalue weighted by Gasteiger charge is 2.73. The van der Waals surface area contributed by atoms with E-state index in [0.29, 0.717) is 28.5 Å². The Morgan fingerprint density at radius 2 is 1.62 bits per heavy atom. The number of carbonyl (C=O) groups excluding carboxylic acids is 3. The number of fused-ring (bicyclic) bond motifs is 1. The van der Waals surface area contributed by atoms with Crippen LogP contribution >= 0.6 is 11.6 Å². The Bertz CT molecular complexity index is 1200. The summed E-state index contributed by atoms with van der Waals surface area (Å²) >= 11 is 6.03. The van der Waals surface area contributed by atoms with Crippen LogP contribution in [-0.4, -0.2) is 52.5 Å². The number of anilines is 1. The summed E-state index contributed by atoms with van der Waals surface area (Å²) < 4.78 is 6.58. The quantitative estimate of drug-likeness (QED) is 0.479. The molecule has 40 heavy (non-hydrogen) atoms. The lowest BCUT2D eigenvalue weighted by molar-refractivity contribution is -0.146. The molecule has 8 heteroatoms. The van der Waals surface area contributed by atoms with Crippen molar-refractivity contribution in [3.05, 3.63) is 41.4 Å². The topological polar surface area (TPSA) is 87.7 Å². The monoisotopic (exact) mass is 567 g/mol.